The van der Waals surface area contributed by atoms with Crippen LogP contribution in [-0.4, -0.2) is 48.1 Å². The Bertz CT molecular complexity index is 709. The van der Waals surface area contributed by atoms with Crippen molar-refractivity contribution >= 4 is 21.9 Å². The molecule has 1 aliphatic heterocycles. The monoisotopic (exact) mass is 420 g/mol. The number of hydrogen-bond donors (Lipinski definition) is 1. The fourth-order valence-corrected chi connectivity index (χ4v) is 3.74. The summed E-state index contributed by atoms with van der Waals surface area (Å²) in [5, 5.41) is 11.2. The maximum Gasteiger partial charge on any atom is 0.338 e. The maximum absolute atomic E-state index is 12.6. The second-order valence-electron chi connectivity index (χ2n) is 6.10. The SMILES string of the molecule is CO[C@H]1O[C@H](CBr)[C@@H](OC(=O)c2ccccc2)[C@@H](c2ccccc2)[C@@H]1O. The van der Waals surface area contributed by atoms with Crippen LogP contribution >= 0.6 is 15.9 Å². The van der Waals surface area contributed by atoms with Gasteiger partial charge in [0.1, 0.15) is 18.3 Å². The largest absolute Gasteiger partial charge is 0.455 e. The number of ether oxygens (including phenoxy) is 3. The lowest BCUT2D eigenvalue weighted by molar-refractivity contribution is -0.258. The van der Waals surface area contributed by atoms with Gasteiger partial charge in [0, 0.05) is 12.4 Å². The number of benzene rings is 2. The maximum atomic E-state index is 12.6. The molecule has 1 N–H and O–H groups in total. The minimum Gasteiger partial charge on any atom is -0.455 e. The van der Waals surface area contributed by atoms with Crippen LogP contribution < -0.4 is 0 Å². The zero-order valence-corrected chi connectivity index (χ0v) is 15.9. The van der Waals surface area contributed by atoms with Gasteiger partial charge in [-0.05, 0) is 17.7 Å². The molecule has 0 unspecified atom stereocenters. The Labute approximate surface area is 161 Å². The summed E-state index contributed by atoms with van der Waals surface area (Å²) < 4.78 is 16.9. The Morgan fingerprint density at radius 1 is 1.12 bits per heavy atom. The van der Waals surface area contributed by atoms with Crippen molar-refractivity contribution in [3.63, 3.8) is 0 Å². The van der Waals surface area contributed by atoms with E-state index < -0.39 is 36.5 Å². The molecule has 0 bridgehead atoms. The summed E-state index contributed by atoms with van der Waals surface area (Å²) in [5.74, 6) is -0.917. The van der Waals surface area contributed by atoms with E-state index in [0.717, 1.165) is 5.56 Å². The molecular formula is C20H21BrO5. The molecule has 1 saturated heterocycles. The highest BCUT2D eigenvalue weighted by Gasteiger charge is 2.47. The van der Waals surface area contributed by atoms with E-state index in [2.05, 4.69) is 15.9 Å². The molecule has 5 nitrogen and oxygen atoms in total. The molecule has 0 amide bonds. The Kier molecular flexibility index (Phi) is 6.43. The van der Waals surface area contributed by atoms with Crippen molar-refractivity contribution in [2.45, 2.75) is 30.5 Å². The summed E-state index contributed by atoms with van der Waals surface area (Å²) in [6.07, 6.45) is -2.88. The van der Waals surface area contributed by atoms with Crippen molar-refractivity contribution in [1.82, 2.24) is 0 Å². The summed E-state index contributed by atoms with van der Waals surface area (Å²) in [7, 11) is 1.48. The Morgan fingerprint density at radius 3 is 2.31 bits per heavy atom. The third-order valence-corrected chi connectivity index (χ3v) is 5.14. The third-order valence-electron chi connectivity index (χ3n) is 4.50. The quantitative estimate of drug-likeness (QED) is 0.594. The van der Waals surface area contributed by atoms with Gasteiger partial charge in [-0.15, -0.1) is 0 Å². The predicted octanol–water partition coefficient (Wildman–Crippen LogP) is 3.12. The van der Waals surface area contributed by atoms with Crippen LogP contribution in [0.5, 0.6) is 0 Å². The molecule has 0 aliphatic carbocycles. The molecule has 5 atom stereocenters. The molecule has 2 aromatic carbocycles. The molecule has 6 heteroatoms. The minimum atomic E-state index is -0.966. The topological polar surface area (TPSA) is 65.0 Å². The van der Waals surface area contributed by atoms with Crippen molar-refractivity contribution in [3.05, 3.63) is 71.8 Å². The second kappa shape index (κ2) is 8.77. The fourth-order valence-electron chi connectivity index (χ4n) is 3.22. The van der Waals surface area contributed by atoms with Crippen molar-refractivity contribution in [2.75, 3.05) is 12.4 Å². The molecule has 1 heterocycles. The van der Waals surface area contributed by atoms with Gasteiger partial charge >= 0.3 is 5.97 Å². The van der Waals surface area contributed by atoms with Gasteiger partial charge in [0.2, 0.25) is 0 Å². The van der Waals surface area contributed by atoms with E-state index in [-0.39, 0.29) is 0 Å². The zero-order valence-electron chi connectivity index (χ0n) is 14.3. The van der Waals surface area contributed by atoms with Crippen molar-refractivity contribution in [1.29, 1.82) is 0 Å². The lowest BCUT2D eigenvalue weighted by Crippen LogP contribution is -2.55. The van der Waals surface area contributed by atoms with Gasteiger partial charge in [-0.25, -0.2) is 4.79 Å². The van der Waals surface area contributed by atoms with E-state index in [1.165, 1.54) is 7.11 Å². The van der Waals surface area contributed by atoms with Crippen molar-refractivity contribution in [2.24, 2.45) is 0 Å². The number of esters is 1. The average molecular weight is 421 g/mol. The Balaban J connectivity index is 1.93. The van der Waals surface area contributed by atoms with Crippen LogP contribution in [0.25, 0.3) is 0 Å². The number of aliphatic hydroxyl groups excluding tert-OH is 1. The average Bonchev–Trinajstić information content (AvgIpc) is 2.69. The van der Waals surface area contributed by atoms with E-state index in [4.69, 9.17) is 14.2 Å². The van der Waals surface area contributed by atoms with Crippen LogP contribution in [0.1, 0.15) is 21.8 Å². The number of carbonyl (C=O) groups is 1. The molecule has 0 aromatic heterocycles. The summed E-state index contributed by atoms with van der Waals surface area (Å²) >= 11 is 3.42. The lowest BCUT2D eigenvalue weighted by Gasteiger charge is -2.43. The van der Waals surface area contributed by atoms with Gasteiger partial charge in [0.15, 0.2) is 6.29 Å². The Hall–Kier alpha value is -1.73. The number of carbonyl (C=O) groups excluding carboxylic acids is 1. The minimum absolute atomic E-state index is 0.440. The number of hydrogen-bond acceptors (Lipinski definition) is 5. The summed E-state index contributed by atoms with van der Waals surface area (Å²) in [5.41, 5.74) is 1.32. The van der Waals surface area contributed by atoms with E-state index in [1.54, 1.807) is 24.3 Å². The van der Waals surface area contributed by atoms with E-state index in [9.17, 15) is 9.90 Å². The van der Waals surface area contributed by atoms with E-state index in [0.29, 0.717) is 10.9 Å². The highest BCUT2D eigenvalue weighted by atomic mass is 79.9. The van der Waals surface area contributed by atoms with Gasteiger partial charge in [-0.1, -0.05) is 64.5 Å². The highest BCUT2D eigenvalue weighted by Crippen LogP contribution is 2.37. The molecular weight excluding hydrogens is 400 g/mol. The first-order chi connectivity index (χ1) is 12.7. The fraction of sp³-hybridized carbons (Fsp3) is 0.350. The Morgan fingerprint density at radius 2 is 1.73 bits per heavy atom. The van der Waals surface area contributed by atoms with Crippen LogP contribution in [0.2, 0.25) is 0 Å². The lowest BCUT2D eigenvalue weighted by atomic mass is 9.83. The second-order valence-corrected chi connectivity index (χ2v) is 6.74. The smallest absolute Gasteiger partial charge is 0.338 e. The number of alkyl halides is 1. The first-order valence-electron chi connectivity index (χ1n) is 8.39. The van der Waals surface area contributed by atoms with E-state index >= 15 is 0 Å². The highest BCUT2D eigenvalue weighted by molar-refractivity contribution is 9.09. The first-order valence-corrected chi connectivity index (χ1v) is 9.51. The normalized spacial score (nSPS) is 28.5. The van der Waals surface area contributed by atoms with Crippen LogP contribution in [-0.2, 0) is 14.2 Å². The van der Waals surface area contributed by atoms with Crippen molar-refractivity contribution < 1.29 is 24.1 Å². The predicted molar refractivity (Wildman–Crippen MR) is 100 cm³/mol. The van der Waals surface area contributed by atoms with Crippen LogP contribution in [0.15, 0.2) is 60.7 Å². The molecule has 3 rings (SSSR count). The van der Waals surface area contributed by atoms with Gasteiger partial charge in [-0.3, -0.25) is 0 Å². The van der Waals surface area contributed by atoms with Gasteiger partial charge in [0.25, 0.3) is 0 Å². The van der Waals surface area contributed by atoms with Gasteiger partial charge in [-0.2, -0.15) is 0 Å². The third kappa shape index (κ3) is 3.99. The first kappa shape index (κ1) is 19.0. The molecule has 26 heavy (non-hydrogen) atoms. The molecule has 1 aliphatic rings. The number of methoxy groups -OCH3 is 1. The number of rotatable bonds is 5. The molecule has 0 spiro atoms. The van der Waals surface area contributed by atoms with E-state index in [1.807, 2.05) is 36.4 Å². The van der Waals surface area contributed by atoms with Crippen molar-refractivity contribution in [3.8, 4) is 0 Å². The molecule has 2 aromatic rings. The standard InChI is InChI=1S/C20H21BrO5/c1-24-20-17(22)16(13-8-4-2-5-9-13)18(15(12-21)25-20)26-19(23)14-10-6-3-7-11-14/h2-11,15-18,20,22H,12H2,1H3/t15-,16+,17+,18-,20+/m1/s1. The molecule has 0 radical (unpaired) electrons. The molecule has 138 valence electrons. The number of halogens is 1. The summed E-state index contributed by atoms with van der Waals surface area (Å²) in [4.78, 5) is 12.6. The molecule has 1 fully saturated rings. The molecule has 0 saturated carbocycles. The van der Waals surface area contributed by atoms with Crippen LogP contribution in [0.3, 0.4) is 0 Å². The summed E-state index contributed by atoms with van der Waals surface area (Å²) in [6.45, 7) is 0. The van der Waals surface area contributed by atoms with Crippen LogP contribution in [0.4, 0.5) is 0 Å². The van der Waals surface area contributed by atoms with Gasteiger partial charge in [0.05, 0.1) is 11.5 Å². The zero-order chi connectivity index (χ0) is 18.5. The summed E-state index contributed by atoms with van der Waals surface area (Å²) in [6, 6.07) is 18.3. The van der Waals surface area contributed by atoms with Gasteiger partial charge < -0.3 is 19.3 Å². The number of aliphatic hydroxyl groups is 1. The van der Waals surface area contributed by atoms with Crippen LogP contribution in [0, 0.1) is 0 Å².